The summed E-state index contributed by atoms with van der Waals surface area (Å²) in [5.41, 5.74) is 5.76. The Kier molecular flexibility index (Phi) is 7.30. The molecule has 0 radical (unpaired) electrons. The number of rotatable bonds is 9. The Bertz CT molecular complexity index is 1260. The minimum absolute atomic E-state index is 0.236. The van der Waals surface area contributed by atoms with Crippen molar-refractivity contribution in [2.24, 2.45) is 0 Å². The summed E-state index contributed by atoms with van der Waals surface area (Å²) >= 11 is 3.30. The molecule has 0 saturated heterocycles. The van der Waals surface area contributed by atoms with Crippen molar-refractivity contribution in [3.8, 4) is 16.3 Å². The standard InChI is InChI=1S/C26H28N4OS2/c1-6-12-30-24(20(5)31-23-11-10-18(3)13-19(23)4)28-29-26(30)33-16-22-15-32-25(27-22)21-9-7-8-17(2)14-21/h6-11,13-15,20H,1,12,16H2,2-5H3. The minimum Gasteiger partial charge on any atom is -0.482 e. The monoisotopic (exact) mass is 476 g/mol. The zero-order valence-corrected chi connectivity index (χ0v) is 21.0. The van der Waals surface area contributed by atoms with Crippen LogP contribution in [0.1, 0.15) is 41.2 Å². The highest BCUT2D eigenvalue weighted by Gasteiger charge is 2.20. The van der Waals surface area contributed by atoms with Gasteiger partial charge in [-0.05, 0) is 45.4 Å². The van der Waals surface area contributed by atoms with E-state index in [9.17, 15) is 0 Å². The van der Waals surface area contributed by atoms with Crippen LogP contribution in [0.5, 0.6) is 5.75 Å². The molecule has 2 aromatic heterocycles. The van der Waals surface area contributed by atoms with Gasteiger partial charge in [-0.1, -0.05) is 59.3 Å². The predicted molar refractivity (Wildman–Crippen MR) is 137 cm³/mol. The fourth-order valence-electron chi connectivity index (χ4n) is 3.61. The quantitative estimate of drug-likeness (QED) is 0.193. The molecule has 1 atom stereocenters. The van der Waals surface area contributed by atoms with E-state index in [4.69, 9.17) is 9.72 Å². The fraction of sp³-hybridized carbons (Fsp3) is 0.269. The minimum atomic E-state index is -0.236. The van der Waals surface area contributed by atoms with Crippen molar-refractivity contribution in [2.75, 3.05) is 0 Å². The zero-order valence-electron chi connectivity index (χ0n) is 19.4. The number of hydrogen-bond donors (Lipinski definition) is 0. The normalized spacial score (nSPS) is 12.0. The molecule has 0 spiro atoms. The van der Waals surface area contributed by atoms with Gasteiger partial charge in [0.1, 0.15) is 10.8 Å². The number of thioether (sulfide) groups is 1. The highest BCUT2D eigenvalue weighted by atomic mass is 32.2. The summed E-state index contributed by atoms with van der Waals surface area (Å²) in [6.07, 6.45) is 1.62. The molecule has 4 rings (SSSR count). The van der Waals surface area contributed by atoms with Gasteiger partial charge in [0.2, 0.25) is 0 Å². The van der Waals surface area contributed by atoms with Gasteiger partial charge in [-0.2, -0.15) is 0 Å². The summed E-state index contributed by atoms with van der Waals surface area (Å²) < 4.78 is 8.30. The number of aryl methyl sites for hydroxylation is 3. The molecule has 170 valence electrons. The Labute approximate surface area is 203 Å². The van der Waals surface area contributed by atoms with E-state index < -0.39 is 0 Å². The molecule has 0 aliphatic heterocycles. The molecule has 0 fully saturated rings. The van der Waals surface area contributed by atoms with Crippen LogP contribution in [0.15, 0.2) is 65.7 Å². The Morgan fingerprint density at radius 1 is 1.12 bits per heavy atom. The van der Waals surface area contributed by atoms with Crippen molar-refractivity contribution >= 4 is 23.1 Å². The van der Waals surface area contributed by atoms with E-state index >= 15 is 0 Å². The van der Waals surface area contributed by atoms with Gasteiger partial charge in [0.05, 0.1) is 5.69 Å². The Balaban J connectivity index is 1.48. The van der Waals surface area contributed by atoms with Gasteiger partial charge in [0.15, 0.2) is 17.1 Å². The first-order chi connectivity index (χ1) is 15.9. The summed E-state index contributed by atoms with van der Waals surface area (Å²) in [5.74, 6) is 2.38. The van der Waals surface area contributed by atoms with E-state index in [-0.39, 0.29) is 6.10 Å². The third kappa shape index (κ3) is 5.54. The van der Waals surface area contributed by atoms with Crippen LogP contribution in [0.4, 0.5) is 0 Å². The second-order valence-corrected chi connectivity index (χ2v) is 9.87. The molecule has 0 aliphatic carbocycles. The molecule has 1 unspecified atom stereocenters. The van der Waals surface area contributed by atoms with Crippen LogP contribution < -0.4 is 4.74 Å². The number of nitrogens with zero attached hydrogens (tertiary/aromatic N) is 4. The molecule has 0 bridgehead atoms. The number of thiazole rings is 1. The lowest BCUT2D eigenvalue weighted by Gasteiger charge is -2.17. The summed E-state index contributed by atoms with van der Waals surface area (Å²) in [6, 6.07) is 14.6. The molecule has 0 aliphatic rings. The van der Waals surface area contributed by atoms with Gasteiger partial charge in [-0.3, -0.25) is 4.57 Å². The highest BCUT2D eigenvalue weighted by Crippen LogP contribution is 2.30. The van der Waals surface area contributed by atoms with Gasteiger partial charge in [-0.15, -0.1) is 28.1 Å². The van der Waals surface area contributed by atoms with Crippen LogP contribution in [0.25, 0.3) is 10.6 Å². The Morgan fingerprint density at radius 3 is 2.70 bits per heavy atom. The highest BCUT2D eigenvalue weighted by molar-refractivity contribution is 7.98. The molecule has 5 nitrogen and oxygen atoms in total. The van der Waals surface area contributed by atoms with Crippen molar-refractivity contribution in [1.82, 2.24) is 19.7 Å². The van der Waals surface area contributed by atoms with E-state index in [1.807, 2.05) is 19.1 Å². The first kappa shape index (κ1) is 23.3. The van der Waals surface area contributed by atoms with Crippen LogP contribution in [0.2, 0.25) is 0 Å². The van der Waals surface area contributed by atoms with Gasteiger partial charge in [0.25, 0.3) is 0 Å². The Hall–Kier alpha value is -2.90. The second kappa shape index (κ2) is 10.4. The topological polar surface area (TPSA) is 52.8 Å². The van der Waals surface area contributed by atoms with Gasteiger partial charge in [-0.25, -0.2) is 4.98 Å². The van der Waals surface area contributed by atoms with Gasteiger partial charge in [0, 0.05) is 23.2 Å². The van der Waals surface area contributed by atoms with Crippen molar-refractivity contribution in [3.05, 3.63) is 88.7 Å². The van der Waals surface area contributed by atoms with Crippen LogP contribution in [-0.4, -0.2) is 19.7 Å². The lowest BCUT2D eigenvalue weighted by molar-refractivity contribution is 0.209. The lowest BCUT2D eigenvalue weighted by atomic mass is 10.1. The van der Waals surface area contributed by atoms with Gasteiger partial charge < -0.3 is 4.74 Å². The largest absolute Gasteiger partial charge is 0.482 e. The predicted octanol–water partition coefficient (Wildman–Crippen LogP) is 6.95. The van der Waals surface area contributed by atoms with E-state index in [0.717, 1.165) is 44.3 Å². The van der Waals surface area contributed by atoms with Crippen molar-refractivity contribution < 1.29 is 4.74 Å². The number of allylic oxidation sites excluding steroid dienone is 1. The first-order valence-corrected chi connectivity index (χ1v) is 12.7. The maximum absolute atomic E-state index is 6.23. The van der Waals surface area contributed by atoms with Crippen LogP contribution in [0, 0.1) is 20.8 Å². The van der Waals surface area contributed by atoms with Crippen molar-refractivity contribution in [2.45, 2.75) is 51.3 Å². The molecule has 2 heterocycles. The molecular formula is C26H28N4OS2. The third-order valence-corrected chi connectivity index (χ3v) is 7.16. The van der Waals surface area contributed by atoms with E-state index in [0.29, 0.717) is 6.54 Å². The first-order valence-electron chi connectivity index (χ1n) is 10.9. The number of benzene rings is 2. The molecule has 33 heavy (non-hydrogen) atoms. The summed E-state index contributed by atoms with van der Waals surface area (Å²) in [4.78, 5) is 4.82. The molecule has 4 aromatic rings. The smallest absolute Gasteiger partial charge is 0.192 e. The van der Waals surface area contributed by atoms with Crippen molar-refractivity contribution in [1.29, 1.82) is 0 Å². The maximum atomic E-state index is 6.23. The number of hydrogen-bond acceptors (Lipinski definition) is 6. The van der Waals surface area contributed by atoms with Crippen molar-refractivity contribution in [3.63, 3.8) is 0 Å². The SMILES string of the molecule is C=CCn1c(SCc2csc(-c3cccc(C)c3)n2)nnc1C(C)Oc1ccc(C)cc1C. The van der Waals surface area contributed by atoms with E-state index in [2.05, 4.69) is 83.9 Å². The maximum Gasteiger partial charge on any atom is 0.192 e. The van der Waals surface area contributed by atoms with Gasteiger partial charge >= 0.3 is 0 Å². The number of ether oxygens (including phenoxy) is 1. The van der Waals surface area contributed by atoms with Crippen LogP contribution in [-0.2, 0) is 12.3 Å². The van der Waals surface area contributed by atoms with E-state index in [1.165, 1.54) is 11.1 Å². The van der Waals surface area contributed by atoms with Crippen LogP contribution in [0.3, 0.4) is 0 Å². The average molecular weight is 477 g/mol. The number of aromatic nitrogens is 4. The third-order valence-electron chi connectivity index (χ3n) is 5.22. The summed E-state index contributed by atoms with van der Waals surface area (Å²) in [5, 5.41) is 12.9. The fourth-order valence-corrected chi connectivity index (χ4v) is 5.37. The molecule has 0 saturated carbocycles. The molecule has 0 amide bonds. The summed E-state index contributed by atoms with van der Waals surface area (Å²) in [7, 11) is 0. The van der Waals surface area contributed by atoms with E-state index in [1.54, 1.807) is 23.1 Å². The second-order valence-electron chi connectivity index (χ2n) is 8.07. The lowest BCUT2D eigenvalue weighted by Crippen LogP contribution is -2.12. The Morgan fingerprint density at radius 2 is 1.94 bits per heavy atom. The average Bonchev–Trinajstić information content (AvgIpc) is 3.42. The molecule has 0 N–H and O–H groups in total. The molecular weight excluding hydrogens is 448 g/mol. The zero-order chi connectivity index (χ0) is 23.4. The summed E-state index contributed by atoms with van der Waals surface area (Å²) in [6.45, 7) is 12.8. The molecule has 7 heteroatoms. The van der Waals surface area contributed by atoms with Crippen LogP contribution >= 0.6 is 23.1 Å². The molecule has 2 aromatic carbocycles.